The first-order chi connectivity index (χ1) is 10.1. The summed E-state index contributed by atoms with van der Waals surface area (Å²) in [5.41, 5.74) is -1.02. The topological polar surface area (TPSA) is 83.9 Å². The van der Waals surface area contributed by atoms with E-state index in [1.165, 1.54) is 16.4 Å². The summed E-state index contributed by atoms with van der Waals surface area (Å²) < 4.78 is 31.9. The van der Waals surface area contributed by atoms with Gasteiger partial charge in [0.05, 0.1) is 16.4 Å². The van der Waals surface area contributed by atoms with Gasteiger partial charge in [0, 0.05) is 13.1 Å². The molecule has 0 saturated carbocycles. The van der Waals surface area contributed by atoms with Gasteiger partial charge in [0.2, 0.25) is 10.0 Å². The van der Waals surface area contributed by atoms with Crippen LogP contribution in [0, 0.1) is 5.41 Å². The van der Waals surface area contributed by atoms with E-state index >= 15 is 0 Å². The van der Waals surface area contributed by atoms with Crippen LogP contribution in [0.5, 0.6) is 5.75 Å². The monoisotopic (exact) mass is 327 g/mol. The number of carboxylic acids is 1. The number of carboxylic acid groups (broad SMARTS) is 1. The predicted octanol–water partition coefficient (Wildman–Crippen LogP) is 1.96. The summed E-state index contributed by atoms with van der Waals surface area (Å²) >= 11 is 0. The quantitative estimate of drug-likeness (QED) is 0.894. The highest BCUT2D eigenvalue weighted by Gasteiger charge is 2.44. The van der Waals surface area contributed by atoms with Crippen LogP contribution < -0.4 is 4.74 Å². The first-order valence-electron chi connectivity index (χ1n) is 7.15. The molecule has 0 bridgehead atoms. The number of sulfonamides is 1. The van der Waals surface area contributed by atoms with Gasteiger partial charge < -0.3 is 9.84 Å². The minimum atomic E-state index is -3.67. The normalized spacial score (nSPS) is 22.9. The molecule has 1 unspecified atom stereocenters. The van der Waals surface area contributed by atoms with E-state index < -0.39 is 21.4 Å². The van der Waals surface area contributed by atoms with Crippen molar-refractivity contribution in [1.29, 1.82) is 0 Å². The molecule has 1 aromatic carbocycles. The van der Waals surface area contributed by atoms with Crippen LogP contribution in [0.1, 0.15) is 27.2 Å². The standard InChI is InChI=1S/C15H21NO5S/c1-11(2)21-12-4-6-13(7-5-12)22(19,20)16-9-8-15(3,10-16)14(17)18/h4-7,11H,8-10H2,1-3H3,(H,17,18). The molecule has 0 radical (unpaired) electrons. The molecule has 7 heteroatoms. The molecule has 0 spiro atoms. The number of carbonyl (C=O) groups is 1. The Morgan fingerprint density at radius 2 is 1.91 bits per heavy atom. The van der Waals surface area contributed by atoms with Crippen molar-refractivity contribution in [3.8, 4) is 5.75 Å². The Kier molecular flexibility index (Phi) is 4.49. The molecule has 1 atom stereocenters. The maximum atomic E-state index is 12.6. The predicted molar refractivity (Wildman–Crippen MR) is 81.3 cm³/mol. The summed E-state index contributed by atoms with van der Waals surface area (Å²) in [5.74, 6) is -0.364. The van der Waals surface area contributed by atoms with Gasteiger partial charge in [-0.05, 0) is 51.5 Å². The highest BCUT2D eigenvalue weighted by molar-refractivity contribution is 7.89. The average molecular weight is 327 g/mol. The van der Waals surface area contributed by atoms with Crippen molar-refractivity contribution in [1.82, 2.24) is 4.31 Å². The highest BCUT2D eigenvalue weighted by Crippen LogP contribution is 2.34. The van der Waals surface area contributed by atoms with Crippen LogP contribution in [0.25, 0.3) is 0 Å². The van der Waals surface area contributed by atoms with Crippen LogP contribution in [-0.4, -0.2) is 43.0 Å². The molecule has 122 valence electrons. The summed E-state index contributed by atoms with van der Waals surface area (Å²) in [6, 6.07) is 6.20. The lowest BCUT2D eigenvalue weighted by molar-refractivity contribution is -0.146. The average Bonchev–Trinajstić information content (AvgIpc) is 2.83. The van der Waals surface area contributed by atoms with E-state index in [0.29, 0.717) is 12.2 Å². The summed E-state index contributed by atoms with van der Waals surface area (Å²) in [6.45, 7) is 5.57. The molecule has 6 nitrogen and oxygen atoms in total. The Labute approximate surface area is 130 Å². The Balaban J connectivity index is 2.19. The van der Waals surface area contributed by atoms with Crippen molar-refractivity contribution in [3.05, 3.63) is 24.3 Å². The zero-order chi connectivity index (χ0) is 16.5. The lowest BCUT2D eigenvalue weighted by atomic mass is 9.90. The molecule has 0 amide bonds. The maximum Gasteiger partial charge on any atom is 0.310 e. The van der Waals surface area contributed by atoms with Crippen molar-refractivity contribution in [2.24, 2.45) is 5.41 Å². The van der Waals surface area contributed by atoms with E-state index in [1.807, 2.05) is 13.8 Å². The zero-order valence-electron chi connectivity index (χ0n) is 12.9. The molecule has 1 N–H and O–H groups in total. The molecule has 0 aliphatic carbocycles. The number of hydrogen-bond acceptors (Lipinski definition) is 4. The second kappa shape index (κ2) is 5.89. The van der Waals surface area contributed by atoms with Crippen molar-refractivity contribution in [2.45, 2.75) is 38.2 Å². The van der Waals surface area contributed by atoms with Gasteiger partial charge in [-0.25, -0.2) is 8.42 Å². The summed E-state index contributed by atoms with van der Waals surface area (Å²) in [5, 5.41) is 9.21. The van der Waals surface area contributed by atoms with Gasteiger partial charge in [-0.15, -0.1) is 0 Å². The van der Waals surface area contributed by atoms with Crippen LogP contribution in [0.2, 0.25) is 0 Å². The summed E-state index contributed by atoms with van der Waals surface area (Å²) in [4.78, 5) is 11.4. The van der Waals surface area contributed by atoms with Crippen molar-refractivity contribution in [3.63, 3.8) is 0 Å². The number of hydrogen-bond donors (Lipinski definition) is 1. The van der Waals surface area contributed by atoms with Crippen LogP contribution in [-0.2, 0) is 14.8 Å². The Bertz CT molecular complexity index is 653. The number of ether oxygens (including phenoxy) is 1. The van der Waals surface area contributed by atoms with Gasteiger partial charge >= 0.3 is 5.97 Å². The van der Waals surface area contributed by atoms with E-state index in [-0.39, 0.29) is 24.1 Å². The van der Waals surface area contributed by atoms with Crippen LogP contribution in [0.4, 0.5) is 0 Å². The van der Waals surface area contributed by atoms with Gasteiger partial charge in [0.25, 0.3) is 0 Å². The molecule has 1 aliphatic rings. The Hall–Kier alpha value is -1.60. The van der Waals surface area contributed by atoms with Crippen LogP contribution in [0.3, 0.4) is 0 Å². The molecule has 1 fully saturated rings. The third kappa shape index (κ3) is 3.25. The van der Waals surface area contributed by atoms with Crippen molar-refractivity contribution >= 4 is 16.0 Å². The number of nitrogens with zero attached hydrogens (tertiary/aromatic N) is 1. The first kappa shape index (κ1) is 16.8. The third-order valence-electron chi connectivity index (χ3n) is 3.79. The van der Waals surface area contributed by atoms with E-state index in [4.69, 9.17) is 4.74 Å². The van der Waals surface area contributed by atoms with Crippen LogP contribution >= 0.6 is 0 Å². The van der Waals surface area contributed by atoms with Crippen molar-refractivity contribution in [2.75, 3.05) is 13.1 Å². The van der Waals surface area contributed by atoms with E-state index in [0.717, 1.165) is 0 Å². The molecule has 22 heavy (non-hydrogen) atoms. The Morgan fingerprint density at radius 3 is 2.36 bits per heavy atom. The largest absolute Gasteiger partial charge is 0.491 e. The smallest absolute Gasteiger partial charge is 0.310 e. The number of rotatable bonds is 5. The fraction of sp³-hybridized carbons (Fsp3) is 0.533. The fourth-order valence-corrected chi connectivity index (χ4v) is 3.97. The highest BCUT2D eigenvalue weighted by atomic mass is 32.2. The Morgan fingerprint density at radius 1 is 1.32 bits per heavy atom. The third-order valence-corrected chi connectivity index (χ3v) is 5.65. The molecule has 1 aromatic rings. The summed E-state index contributed by atoms with van der Waals surface area (Å²) in [7, 11) is -3.67. The van der Waals surface area contributed by atoms with Crippen LogP contribution in [0.15, 0.2) is 29.2 Å². The second-order valence-electron chi connectivity index (χ2n) is 6.09. The SMILES string of the molecule is CC(C)Oc1ccc(S(=O)(=O)N2CCC(C)(C(=O)O)C2)cc1. The van der Waals surface area contributed by atoms with Gasteiger partial charge in [0.15, 0.2) is 0 Å². The minimum absolute atomic E-state index is 0.00505. The van der Waals surface area contributed by atoms with Crippen molar-refractivity contribution < 1.29 is 23.1 Å². The lowest BCUT2D eigenvalue weighted by Gasteiger charge is -2.20. The van der Waals surface area contributed by atoms with E-state index in [9.17, 15) is 18.3 Å². The molecule has 1 saturated heterocycles. The van der Waals surface area contributed by atoms with Gasteiger partial charge in [-0.3, -0.25) is 4.79 Å². The van der Waals surface area contributed by atoms with Gasteiger partial charge in [0.1, 0.15) is 5.75 Å². The van der Waals surface area contributed by atoms with Gasteiger partial charge in [-0.2, -0.15) is 4.31 Å². The molecule has 1 aliphatic heterocycles. The zero-order valence-corrected chi connectivity index (χ0v) is 13.8. The molecular weight excluding hydrogens is 306 g/mol. The number of benzene rings is 1. The summed E-state index contributed by atoms with van der Waals surface area (Å²) in [6.07, 6.45) is 0.327. The molecular formula is C15H21NO5S. The van der Waals surface area contributed by atoms with Gasteiger partial charge in [-0.1, -0.05) is 0 Å². The number of aliphatic carboxylic acids is 1. The molecule has 0 aromatic heterocycles. The lowest BCUT2D eigenvalue weighted by Crippen LogP contribution is -2.34. The minimum Gasteiger partial charge on any atom is -0.491 e. The van der Waals surface area contributed by atoms with E-state index in [1.54, 1.807) is 19.1 Å². The maximum absolute atomic E-state index is 12.6. The fourth-order valence-electron chi connectivity index (χ4n) is 2.41. The first-order valence-corrected chi connectivity index (χ1v) is 8.59. The molecule has 1 heterocycles. The second-order valence-corrected chi connectivity index (χ2v) is 8.03. The molecule has 2 rings (SSSR count). The van der Waals surface area contributed by atoms with E-state index in [2.05, 4.69) is 0 Å².